The molecule has 2 N–H and O–H groups in total. The van der Waals surface area contributed by atoms with Crippen molar-refractivity contribution in [3.63, 3.8) is 0 Å². The quantitative estimate of drug-likeness (QED) is 0.849. The van der Waals surface area contributed by atoms with Crippen molar-refractivity contribution in [3.05, 3.63) is 28.5 Å². The number of anilines is 1. The number of nitrogens with two attached hydrogens (primary N) is 1. The van der Waals surface area contributed by atoms with E-state index in [9.17, 15) is 0 Å². The van der Waals surface area contributed by atoms with E-state index in [0.717, 1.165) is 35.9 Å². The fraction of sp³-hybridized carbons (Fsp3) is 0.429. The number of nitrogen functional groups attached to an aromatic ring is 1. The van der Waals surface area contributed by atoms with Crippen LogP contribution in [0, 0.1) is 0 Å². The summed E-state index contributed by atoms with van der Waals surface area (Å²) in [5.74, 6) is 1.01. The van der Waals surface area contributed by atoms with Gasteiger partial charge in [-0.2, -0.15) is 4.98 Å². The molecule has 1 atom stereocenters. The van der Waals surface area contributed by atoms with Crippen molar-refractivity contribution in [1.82, 2.24) is 10.1 Å². The minimum Gasteiger partial charge on any atom is -0.398 e. The fourth-order valence-electron chi connectivity index (χ4n) is 2.37. The van der Waals surface area contributed by atoms with Crippen LogP contribution in [0.2, 0.25) is 0 Å². The highest BCUT2D eigenvalue weighted by Crippen LogP contribution is 2.35. The average Bonchev–Trinajstić information content (AvgIpc) is 2.93. The van der Waals surface area contributed by atoms with Crippen LogP contribution >= 0.6 is 15.9 Å². The second-order valence-electron chi connectivity index (χ2n) is 5.19. The Balaban J connectivity index is 1.95. The summed E-state index contributed by atoms with van der Waals surface area (Å²) < 4.78 is 12.1. The molecule has 1 aromatic carbocycles. The number of hydrogen-bond acceptors (Lipinski definition) is 5. The molecule has 1 fully saturated rings. The number of nitrogens with zero attached hydrogens (tertiary/aromatic N) is 2. The van der Waals surface area contributed by atoms with Crippen molar-refractivity contribution in [2.24, 2.45) is 0 Å². The van der Waals surface area contributed by atoms with Gasteiger partial charge in [0.25, 0.3) is 5.89 Å². The Bertz CT molecular complexity index is 621. The molecular weight excluding hydrogens is 322 g/mol. The molecule has 1 aliphatic heterocycles. The van der Waals surface area contributed by atoms with Gasteiger partial charge in [-0.25, -0.2) is 0 Å². The lowest BCUT2D eigenvalue weighted by Crippen LogP contribution is -2.31. The second kappa shape index (κ2) is 5.18. The smallest absolute Gasteiger partial charge is 0.260 e. The van der Waals surface area contributed by atoms with E-state index < -0.39 is 5.60 Å². The van der Waals surface area contributed by atoms with E-state index >= 15 is 0 Å². The summed E-state index contributed by atoms with van der Waals surface area (Å²) in [5, 5.41) is 4.08. The highest BCUT2D eigenvalue weighted by atomic mass is 79.9. The van der Waals surface area contributed by atoms with Crippen LogP contribution in [0.15, 0.2) is 27.2 Å². The van der Waals surface area contributed by atoms with Gasteiger partial charge in [-0.05, 0) is 44.4 Å². The van der Waals surface area contributed by atoms with Crippen LogP contribution in [-0.2, 0) is 10.3 Å². The molecule has 0 spiro atoms. The third-order valence-electron chi connectivity index (χ3n) is 3.61. The molecule has 0 bridgehead atoms. The topological polar surface area (TPSA) is 74.2 Å². The largest absolute Gasteiger partial charge is 0.398 e. The van der Waals surface area contributed by atoms with Crippen LogP contribution in [0.4, 0.5) is 5.69 Å². The Morgan fingerprint density at radius 2 is 2.20 bits per heavy atom. The van der Waals surface area contributed by atoms with E-state index in [2.05, 4.69) is 26.1 Å². The molecule has 1 aliphatic rings. The predicted octanol–water partition coefficient (Wildman–Crippen LogP) is 3.50. The van der Waals surface area contributed by atoms with Gasteiger partial charge in [0.2, 0.25) is 5.82 Å². The van der Waals surface area contributed by atoms with E-state index in [0.29, 0.717) is 17.4 Å². The van der Waals surface area contributed by atoms with Crippen molar-refractivity contribution < 1.29 is 9.26 Å². The van der Waals surface area contributed by atoms with Crippen molar-refractivity contribution in [3.8, 4) is 11.5 Å². The van der Waals surface area contributed by atoms with Gasteiger partial charge in [0.1, 0.15) is 5.60 Å². The second-order valence-corrected chi connectivity index (χ2v) is 6.11. The van der Waals surface area contributed by atoms with Crippen LogP contribution in [0.5, 0.6) is 0 Å². The van der Waals surface area contributed by atoms with Crippen LogP contribution in [0.25, 0.3) is 11.5 Å². The highest BCUT2D eigenvalue weighted by molar-refractivity contribution is 9.10. The summed E-state index contributed by atoms with van der Waals surface area (Å²) >= 11 is 3.42. The summed E-state index contributed by atoms with van der Waals surface area (Å²) in [6, 6.07) is 5.56. The van der Waals surface area contributed by atoms with E-state index in [-0.39, 0.29) is 0 Å². The van der Waals surface area contributed by atoms with Crippen LogP contribution in [0.3, 0.4) is 0 Å². The minimum absolute atomic E-state index is 0.425. The number of benzene rings is 1. The number of rotatable bonds is 2. The molecule has 5 nitrogen and oxygen atoms in total. The first-order chi connectivity index (χ1) is 9.58. The standard InChI is InChI=1S/C14H16BrN3O2/c1-14(6-2-3-7-19-14)13-17-12(20-18-13)10-8-9(15)4-5-11(10)16/h4-5,8H,2-3,6-7,16H2,1H3. The zero-order valence-electron chi connectivity index (χ0n) is 11.2. The first kappa shape index (κ1) is 13.6. The predicted molar refractivity (Wildman–Crippen MR) is 79.0 cm³/mol. The lowest BCUT2D eigenvalue weighted by molar-refractivity contribution is -0.0770. The normalized spacial score (nSPS) is 22.9. The number of ether oxygens (including phenoxy) is 1. The van der Waals surface area contributed by atoms with Crippen molar-refractivity contribution in [1.29, 1.82) is 0 Å². The van der Waals surface area contributed by atoms with Gasteiger partial charge in [-0.3, -0.25) is 0 Å². The Morgan fingerprint density at radius 3 is 2.95 bits per heavy atom. The Morgan fingerprint density at radius 1 is 1.35 bits per heavy atom. The summed E-state index contributed by atoms with van der Waals surface area (Å²) in [6.07, 6.45) is 3.10. The van der Waals surface area contributed by atoms with E-state index in [1.807, 2.05) is 25.1 Å². The number of aromatic nitrogens is 2. The molecule has 2 heterocycles. The van der Waals surface area contributed by atoms with Crippen LogP contribution < -0.4 is 5.73 Å². The average molecular weight is 338 g/mol. The zero-order valence-corrected chi connectivity index (χ0v) is 12.8. The molecule has 0 aliphatic carbocycles. The molecule has 1 unspecified atom stereocenters. The van der Waals surface area contributed by atoms with E-state index in [1.54, 1.807) is 0 Å². The Hall–Kier alpha value is -1.40. The molecule has 6 heteroatoms. The Labute approximate surface area is 125 Å². The first-order valence-corrected chi connectivity index (χ1v) is 7.41. The number of halogens is 1. The molecule has 1 aromatic heterocycles. The van der Waals surface area contributed by atoms with Crippen LogP contribution in [-0.4, -0.2) is 16.7 Å². The van der Waals surface area contributed by atoms with Gasteiger partial charge in [0.05, 0.1) is 5.56 Å². The fourth-order valence-corrected chi connectivity index (χ4v) is 2.73. The lowest BCUT2D eigenvalue weighted by atomic mass is 9.95. The molecule has 2 aromatic rings. The van der Waals surface area contributed by atoms with Gasteiger partial charge in [-0.1, -0.05) is 21.1 Å². The highest BCUT2D eigenvalue weighted by Gasteiger charge is 2.35. The molecule has 3 rings (SSSR count). The summed E-state index contributed by atoms with van der Waals surface area (Å²) in [6.45, 7) is 2.74. The van der Waals surface area contributed by atoms with Gasteiger partial charge in [-0.15, -0.1) is 0 Å². The van der Waals surface area contributed by atoms with Gasteiger partial charge in [0.15, 0.2) is 0 Å². The summed E-state index contributed by atoms with van der Waals surface area (Å²) in [7, 11) is 0. The van der Waals surface area contributed by atoms with E-state index in [1.165, 1.54) is 0 Å². The SMILES string of the molecule is CC1(c2noc(-c3cc(Br)ccc3N)n2)CCCCO1. The number of hydrogen-bond donors (Lipinski definition) is 1. The maximum absolute atomic E-state index is 5.96. The summed E-state index contributed by atoms with van der Waals surface area (Å²) in [4.78, 5) is 4.47. The molecular formula is C14H16BrN3O2. The van der Waals surface area contributed by atoms with Crippen molar-refractivity contribution >= 4 is 21.6 Å². The molecule has 0 radical (unpaired) electrons. The zero-order chi connectivity index (χ0) is 14.2. The Kier molecular flexibility index (Phi) is 3.52. The molecule has 0 saturated carbocycles. The van der Waals surface area contributed by atoms with Gasteiger partial charge < -0.3 is 15.0 Å². The maximum atomic E-state index is 5.96. The maximum Gasteiger partial charge on any atom is 0.260 e. The van der Waals surface area contributed by atoms with Crippen LogP contribution in [0.1, 0.15) is 32.0 Å². The molecule has 1 saturated heterocycles. The minimum atomic E-state index is -0.458. The van der Waals surface area contributed by atoms with Gasteiger partial charge in [0, 0.05) is 16.8 Å². The third-order valence-corrected chi connectivity index (χ3v) is 4.11. The first-order valence-electron chi connectivity index (χ1n) is 6.62. The third kappa shape index (κ3) is 2.45. The summed E-state index contributed by atoms with van der Waals surface area (Å²) in [5.41, 5.74) is 6.85. The molecule has 106 valence electrons. The lowest BCUT2D eigenvalue weighted by Gasteiger charge is -2.30. The van der Waals surface area contributed by atoms with Crippen molar-refractivity contribution in [2.45, 2.75) is 31.8 Å². The van der Waals surface area contributed by atoms with Crippen molar-refractivity contribution in [2.75, 3.05) is 12.3 Å². The molecule has 0 amide bonds. The molecule has 20 heavy (non-hydrogen) atoms. The van der Waals surface area contributed by atoms with Gasteiger partial charge >= 0.3 is 0 Å². The monoisotopic (exact) mass is 337 g/mol. The van der Waals surface area contributed by atoms with E-state index in [4.69, 9.17) is 15.0 Å².